The summed E-state index contributed by atoms with van der Waals surface area (Å²) in [4.78, 5) is 10.1. The minimum Gasteiger partial charge on any atom is -0.456 e. The topological polar surface area (TPSA) is 105 Å². The third kappa shape index (κ3) is 4.61. The van der Waals surface area contributed by atoms with Crippen molar-refractivity contribution in [2.45, 2.75) is 0 Å². The molecule has 0 spiro atoms. The zero-order valence-corrected chi connectivity index (χ0v) is 29.0. The molecule has 0 N–H and O–H groups in total. The lowest BCUT2D eigenvalue weighted by Crippen LogP contribution is -2.02. The SMILES string of the molecule is N#Cc1cc(-c2nc(-c3ccc4oc5ccccc5c4c3)nc(-c3ccccc3)c2C#N)ccc1-n1c2ccccc2c2cc3c(cc21)oc1ccccc13. The molecular weight excluding hydrogens is 679 g/mol. The molecule has 0 saturated carbocycles. The van der Waals surface area contributed by atoms with Crippen LogP contribution >= 0.6 is 0 Å². The van der Waals surface area contributed by atoms with E-state index < -0.39 is 0 Å². The molecule has 7 nitrogen and oxygen atoms in total. The number of furan rings is 2. The Balaban J connectivity index is 1.13. The summed E-state index contributed by atoms with van der Waals surface area (Å²) in [5.41, 5.74) is 9.68. The molecular formula is C48H25N5O2. The predicted molar refractivity (Wildman–Crippen MR) is 217 cm³/mol. The molecule has 0 aliphatic rings. The van der Waals surface area contributed by atoms with Crippen LogP contribution in [0.1, 0.15) is 11.1 Å². The number of hydrogen-bond donors (Lipinski definition) is 0. The summed E-state index contributed by atoms with van der Waals surface area (Å²) in [5.74, 6) is 0.458. The molecule has 4 heterocycles. The smallest absolute Gasteiger partial charge is 0.160 e. The second-order valence-corrected chi connectivity index (χ2v) is 13.6. The maximum Gasteiger partial charge on any atom is 0.160 e. The molecule has 4 aromatic heterocycles. The molecule has 0 radical (unpaired) electrons. The van der Waals surface area contributed by atoms with Gasteiger partial charge in [-0.1, -0.05) is 91.0 Å². The van der Waals surface area contributed by atoms with Crippen molar-refractivity contribution in [1.82, 2.24) is 14.5 Å². The van der Waals surface area contributed by atoms with Gasteiger partial charge < -0.3 is 13.4 Å². The highest BCUT2D eigenvalue weighted by molar-refractivity contribution is 6.17. The van der Waals surface area contributed by atoms with Crippen LogP contribution < -0.4 is 0 Å². The van der Waals surface area contributed by atoms with Crippen LogP contribution in [0.3, 0.4) is 0 Å². The first-order chi connectivity index (χ1) is 27.2. The van der Waals surface area contributed by atoms with Gasteiger partial charge in [-0.2, -0.15) is 10.5 Å². The number of para-hydroxylation sites is 3. The van der Waals surface area contributed by atoms with E-state index in [2.05, 4.69) is 47.0 Å². The van der Waals surface area contributed by atoms with Crippen molar-refractivity contribution in [3.05, 3.63) is 163 Å². The lowest BCUT2D eigenvalue weighted by molar-refractivity contribution is 0.668. The summed E-state index contributed by atoms with van der Waals surface area (Å²) in [6.45, 7) is 0. The van der Waals surface area contributed by atoms with Crippen LogP contribution in [0.5, 0.6) is 0 Å². The Labute approximate surface area is 313 Å². The molecule has 254 valence electrons. The average molecular weight is 704 g/mol. The summed E-state index contributed by atoms with van der Waals surface area (Å²) < 4.78 is 14.5. The predicted octanol–water partition coefficient (Wildman–Crippen LogP) is 12.1. The third-order valence-electron chi connectivity index (χ3n) is 10.5. The van der Waals surface area contributed by atoms with Gasteiger partial charge in [-0.15, -0.1) is 0 Å². The maximum absolute atomic E-state index is 10.8. The van der Waals surface area contributed by atoms with Crippen molar-refractivity contribution in [2.75, 3.05) is 0 Å². The Bertz CT molecular complexity index is 3470. The van der Waals surface area contributed by atoms with Crippen LogP contribution in [-0.2, 0) is 0 Å². The second-order valence-electron chi connectivity index (χ2n) is 13.6. The number of hydrogen-bond acceptors (Lipinski definition) is 6. The number of fused-ring (bicyclic) bond motifs is 9. The first kappa shape index (κ1) is 30.6. The standard InChI is InChI=1S/C48H25N5O2/c49-26-31-22-29(18-20-39(31)53-40-15-7-4-12-32(40)35-24-37-34-14-6-9-17-43(34)55-45(37)25-41(35)53)47-38(27-50)46(28-10-2-1-3-11-28)51-48(52-47)30-19-21-44-36(23-30)33-13-5-8-16-42(33)54-44/h1-25H. The molecule has 11 rings (SSSR count). The monoisotopic (exact) mass is 703 g/mol. The van der Waals surface area contributed by atoms with Crippen molar-refractivity contribution in [3.8, 4) is 51.7 Å². The van der Waals surface area contributed by atoms with E-state index in [9.17, 15) is 10.5 Å². The Hall–Kier alpha value is -8.00. The highest BCUT2D eigenvalue weighted by atomic mass is 16.3. The highest BCUT2D eigenvalue weighted by Crippen LogP contribution is 2.40. The zero-order chi connectivity index (χ0) is 36.6. The second kappa shape index (κ2) is 11.8. The van der Waals surface area contributed by atoms with E-state index in [0.717, 1.165) is 76.8 Å². The van der Waals surface area contributed by atoms with Gasteiger partial charge in [0.25, 0.3) is 0 Å². The normalized spacial score (nSPS) is 11.6. The first-order valence-corrected chi connectivity index (χ1v) is 17.9. The van der Waals surface area contributed by atoms with Gasteiger partial charge in [-0.3, -0.25) is 0 Å². The lowest BCUT2D eigenvalue weighted by Gasteiger charge is -2.14. The van der Waals surface area contributed by atoms with Gasteiger partial charge in [0.15, 0.2) is 5.82 Å². The molecule has 55 heavy (non-hydrogen) atoms. The fourth-order valence-corrected chi connectivity index (χ4v) is 7.99. The van der Waals surface area contributed by atoms with Gasteiger partial charge in [0.05, 0.1) is 33.7 Å². The highest BCUT2D eigenvalue weighted by Gasteiger charge is 2.22. The molecule has 0 bridgehead atoms. The van der Waals surface area contributed by atoms with E-state index in [1.807, 2.05) is 121 Å². The van der Waals surface area contributed by atoms with E-state index in [0.29, 0.717) is 39.6 Å². The number of aromatic nitrogens is 3. The van der Waals surface area contributed by atoms with E-state index in [4.69, 9.17) is 18.8 Å². The van der Waals surface area contributed by atoms with E-state index in [1.165, 1.54) is 0 Å². The van der Waals surface area contributed by atoms with Crippen molar-refractivity contribution in [3.63, 3.8) is 0 Å². The van der Waals surface area contributed by atoms with Gasteiger partial charge in [-0.25, -0.2) is 9.97 Å². The van der Waals surface area contributed by atoms with Crippen molar-refractivity contribution >= 4 is 65.7 Å². The first-order valence-electron chi connectivity index (χ1n) is 17.9. The summed E-state index contributed by atoms with van der Waals surface area (Å²) in [6.07, 6.45) is 0. The van der Waals surface area contributed by atoms with E-state index >= 15 is 0 Å². The van der Waals surface area contributed by atoms with E-state index in [-0.39, 0.29) is 0 Å². The molecule has 0 amide bonds. The fraction of sp³-hybridized carbons (Fsp3) is 0. The molecule has 0 atom stereocenters. The number of rotatable bonds is 4. The molecule has 0 unspecified atom stereocenters. The van der Waals surface area contributed by atoms with Gasteiger partial charge in [-0.05, 0) is 54.6 Å². The number of benzene rings is 7. The van der Waals surface area contributed by atoms with Crippen LogP contribution in [0, 0.1) is 22.7 Å². The quantitative estimate of drug-likeness (QED) is 0.181. The van der Waals surface area contributed by atoms with Crippen LogP contribution in [0.15, 0.2) is 160 Å². The Morgan fingerprint density at radius 1 is 0.436 bits per heavy atom. The maximum atomic E-state index is 10.8. The Morgan fingerprint density at radius 2 is 1.05 bits per heavy atom. The summed E-state index contributed by atoms with van der Waals surface area (Å²) in [7, 11) is 0. The van der Waals surface area contributed by atoms with Crippen LogP contribution in [0.4, 0.5) is 0 Å². The van der Waals surface area contributed by atoms with Crippen molar-refractivity contribution in [1.29, 1.82) is 10.5 Å². The average Bonchev–Trinajstić information content (AvgIpc) is 3.91. The van der Waals surface area contributed by atoms with Crippen LogP contribution in [0.25, 0.3) is 105 Å². The molecule has 0 fully saturated rings. The summed E-state index contributed by atoms with van der Waals surface area (Å²) in [5, 5.41) is 27.6. The largest absolute Gasteiger partial charge is 0.456 e. The third-order valence-corrected chi connectivity index (χ3v) is 10.5. The number of nitrogens with zero attached hydrogens (tertiary/aromatic N) is 5. The van der Waals surface area contributed by atoms with Gasteiger partial charge >= 0.3 is 0 Å². The molecule has 11 aromatic rings. The molecule has 7 heteroatoms. The Kier molecular flexibility index (Phi) is 6.54. The summed E-state index contributed by atoms with van der Waals surface area (Å²) >= 11 is 0. The van der Waals surface area contributed by atoms with Crippen LogP contribution in [0.2, 0.25) is 0 Å². The summed E-state index contributed by atoms with van der Waals surface area (Å²) in [6, 6.07) is 54.6. The zero-order valence-electron chi connectivity index (χ0n) is 29.0. The molecule has 0 saturated heterocycles. The lowest BCUT2D eigenvalue weighted by atomic mass is 9.98. The van der Waals surface area contributed by atoms with Gasteiger partial charge in [0.1, 0.15) is 40.0 Å². The number of nitriles is 2. The van der Waals surface area contributed by atoms with Crippen LogP contribution in [-0.4, -0.2) is 14.5 Å². The Morgan fingerprint density at radius 3 is 1.80 bits per heavy atom. The van der Waals surface area contributed by atoms with Crippen molar-refractivity contribution in [2.24, 2.45) is 0 Å². The van der Waals surface area contributed by atoms with E-state index in [1.54, 1.807) is 0 Å². The van der Waals surface area contributed by atoms with Crippen molar-refractivity contribution < 1.29 is 8.83 Å². The molecule has 0 aliphatic heterocycles. The fourth-order valence-electron chi connectivity index (χ4n) is 7.99. The van der Waals surface area contributed by atoms with Gasteiger partial charge in [0, 0.05) is 55.1 Å². The van der Waals surface area contributed by atoms with Gasteiger partial charge in [0.2, 0.25) is 0 Å². The minimum atomic E-state index is 0.325. The molecule has 0 aliphatic carbocycles. The molecule has 7 aromatic carbocycles. The minimum absolute atomic E-state index is 0.325.